The van der Waals surface area contributed by atoms with Crippen LogP contribution < -0.4 is 26.3 Å². The Morgan fingerprint density at radius 3 is 2.67 bits per heavy atom. The van der Waals surface area contributed by atoms with Crippen LogP contribution in [-0.2, 0) is 4.79 Å². The Hall–Kier alpha value is -3.32. The fraction of sp³-hybridized carbons (Fsp3) is 0.304. The van der Waals surface area contributed by atoms with E-state index < -0.39 is 11.7 Å². The molecule has 0 spiro atoms. The van der Waals surface area contributed by atoms with Crippen molar-refractivity contribution in [1.82, 2.24) is 0 Å². The van der Waals surface area contributed by atoms with Gasteiger partial charge in [0.15, 0.2) is 0 Å². The van der Waals surface area contributed by atoms with Crippen LogP contribution in [0.2, 0.25) is 0 Å². The van der Waals surface area contributed by atoms with E-state index in [1.165, 1.54) is 6.07 Å². The third-order valence-corrected chi connectivity index (χ3v) is 5.38. The molecule has 0 aliphatic rings. The molecular formula is C23H27N3O4. The molecule has 0 fully saturated rings. The zero-order chi connectivity index (χ0) is 21.8. The number of nitrogens with one attached hydrogen (secondary N) is 1. The number of methoxy groups -OCH3 is 1. The van der Waals surface area contributed by atoms with Gasteiger partial charge < -0.3 is 25.1 Å². The van der Waals surface area contributed by atoms with Crippen molar-refractivity contribution in [3.05, 3.63) is 59.0 Å². The molecule has 0 bridgehead atoms. The van der Waals surface area contributed by atoms with Crippen LogP contribution in [0.3, 0.4) is 0 Å². The van der Waals surface area contributed by atoms with Gasteiger partial charge in [0, 0.05) is 24.2 Å². The van der Waals surface area contributed by atoms with Crippen molar-refractivity contribution in [3.63, 3.8) is 0 Å². The maximum Gasteiger partial charge on any atom is 0.338 e. The predicted octanol–water partition coefficient (Wildman–Crippen LogP) is 3.88. The van der Waals surface area contributed by atoms with Crippen LogP contribution in [0.1, 0.15) is 20.3 Å². The molecule has 1 amide bonds. The molecule has 1 heterocycles. The minimum absolute atomic E-state index is 0.0526. The highest BCUT2D eigenvalue weighted by Crippen LogP contribution is 2.34. The number of nitrogens with two attached hydrogens (primary N) is 1. The number of hydrogen-bond donors (Lipinski definition) is 2. The Morgan fingerprint density at radius 1 is 1.23 bits per heavy atom. The molecule has 0 radical (unpaired) electrons. The monoisotopic (exact) mass is 409 g/mol. The fourth-order valence-electron chi connectivity index (χ4n) is 3.24. The van der Waals surface area contributed by atoms with Crippen LogP contribution in [0.15, 0.2) is 57.7 Å². The van der Waals surface area contributed by atoms with E-state index in [-0.39, 0.29) is 11.8 Å². The molecule has 0 aliphatic heterocycles. The standard InChI is InChI=1S/C23H27N3O4/c1-5-14(2)22(24)23(28)25-17-12-15(10-11-20(17)29-4)26(3)18-13-21(27)30-19-9-7-6-8-16(18)19/h6-14,22H,5,24H2,1-4H3,(H,25,28). The lowest BCUT2D eigenvalue weighted by atomic mass is 9.99. The number of para-hydroxylation sites is 1. The smallest absolute Gasteiger partial charge is 0.338 e. The number of carbonyl (C=O) groups is 1. The van der Waals surface area contributed by atoms with E-state index in [4.69, 9.17) is 14.9 Å². The zero-order valence-electron chi connectivity index (χ0n) is 17.6. The zero-order valence-corrected chi connectivity index (χ0v) is 17.6. The fourth-order valence-corrected chi connectivity index (χ4v) is 3.24. The third kappa shape index (κ3) is 4.31. The molecule has 7 nitrogen and oxygen atoms in total. The van der Waals surface area contributed by atoms with Crippen molar-refractivity contribution in [3.8, 4) is 5.75 Å². The summed E-state index contributed by atoms with van der Waals surface area (Å²) >= 11 is 0. The first-order valence-electron chi connectivity index (χ1n) is 9.86. The van der Waals surface area contributed by atoms with Crippen molar-refractivity contribution >= 4 is 33.9 Å². The highest BCUT2D eigenvalue weighted by Gasteiger charge is 2.21. The molecule has 30 heavy (non-hydrogen) atoms. The number of carbonyl (C=O) groups excluding carboxylic acids is 1. The minimum atomic E-state index is -0.621. The molecule has 2 atom stereocenters. The van der Waals surface area contributed by atoms with Gasteiger partial charge >= 0.3 is 5.63 Å². The van der Waals surface area contributed by atoms with Crippen molar-refractivity contribution in [1.29, 1.82) is 0 Å². The maximum absolute atomic E-state index is 12.6. The number of nitrogens with zero attached hydrogens (tertiary/aromatic N) is 1. The molecule has 158 valence electrons. The number of rotatable bonds is 7. The summed E-state index contributed by atoms with van der Waals surface area (Å²) in [6.07, 6.45) is 0.804. The number of hydrogen-bond acceptors (Lipinski definition) is 6. The first kappa shape index (κ1) is 21.4. The van der Waals surface area contributed by atoms with Gasteiger partial charge in [0.05, 0.1) is 24.5 Å². The van der Waals surface area contributed by atoms with Gasteiger partial charge in [0.2, 0.25) is 5.91 Å². The summed E-state index contributed by atoms with van der Waals surface area (Å²) in [4.78, 5) is 26.5. The second kappa shape index (κ2) is 9.00. The van der Waals surface area contributed by atoms with Crippen molar-refractivity contribution < 1.29 is 13.9 Å². The van der Waals surface area contributed by atoms with Gasteiger partial charge in [0.1, 0.15) is 11.3 Å². The van der Waals surface area contributed by atoms with Crippen molar-refractivity contribution in [2.75, 3.05) is 24.4 Å². The van der Waals surface area contributed by atoms with E-state index in [9.17, 15) is 9.59 Å². The SMILES string of the molecule is CCC(C)C(N)C(=O)Nc1cc(N(C)c2cc(=O)oc3ccccc23)ccc1OC. The molecule has 2 aromatic carbocycles. The highest BCUT2D eigenvalue weighted by atomic mass is 16.5. The van der Waals surface area contributed by atoms with Gasteiger partial charge in [-0.2, -0.15) is 0 Å². The van der Waals surface area contributed by atoms with Gasteiger partial charge in [-0.3, -0.25) is 4.79 Å². The molecular weight excluding hydrogens is 382 g/mol. The van der Waals surface area contributed by atoms with Gasteiger partial charge in [-0.1, -0.05) is 32.4 Å². The maximum atomic E-state index is 12.6. The second-order valence-corrected chi connectivity index (χ2v) is 7.29. The Kier molecular flexibility index (Phi) is 6.42. The van der Waals surface area contributed by atoms with Gasteiger partial charge in [-0.15, -0.1) is 0 Å². The third-order valence-electron chi connectivity index (χ3n) is 5.38. The second-order valence-electron chi connectivity index (χ2n) is 7.29. The molecule has 3 N–H and O–H groups in total. The topological polar surface area (TPSA) is 97.8 Å². The number of amides is 1. The molecule has 1 aromatic heterocycles. The predicted molar refractivity (Wildman–Crippen MR) is 120 cm³/mol. The summed E-state index contributed by atoms with van der Waals surface area (Å²) in [6.45, 7) is 3.94. The van der Waals surface area contributed by atoms with Crippen LogP contribution in [0.4, 0.5) is 17.1 Å². The van der Waals surface area contributed by atoms with Crippen LogP contribution in [0, 0.1) is 5.92 Å². The summed E-state index contributed by atoms with van der Waals surface area (Å²) in [7, 11) is 3.39. The average Bonchev–Trinajstić information content (AvgIpc) is 2.76. The molecule has 0 saturated carbocycles. The minimum Gasteiger partial charge on any atom is -0.495 e. The molecule has 7 heteroatoms. The molecule has 0 aliphatic carbocycles. The largest absolute Gasteiger partial charge is 0.495 e. The first-order chi connectivity index (χ1) is 14.3. The lowest BCUT2D eigenvalue weighted by Crippen LogP contribution is -2.40. The summed E-state index contributed by atoms with van der Waals surface area (Å²) in [6, 6.07) is 13.6. The highest BCUT2D eigenvalue weighted by molar-refractivity contribution is 5.97. The summed E-state index contributed by atoms with van der Waals surface area (Å²) < 4.78 is 10.7. The molecule has 0 saturated heterocycles. The number of anilines is 3. The Bertz CT molecular complexity index is 1110. The molecule has 2 unspecified atom stereocenters. The number of fused-ring (bicyclic) bond motifs is 1. The Morgan fingerprint density at radius 2 is 1.97 bits per heavy atom. The molecule has 3 rings (SSSR count). The van der Waals surface area contributed by atoms with Crippen molar-refractivity contribution in [2.24, 2.45) is 11.7 Å². The number of benzene rings is 2. The van der Waals surface area contributed by atoms with E-state index in [1.54, 1.807) is 25.3 Å². The lowest BCUT2D eigenvalue weighted by molar-refractivity contribution is -0.118. The number of ether oxygens (including phenoxy) is 1. The van der Waals surface area contributed by atoms with E-state index in [1.807, 2.05) is 50.1 Å². The summed E-state index contributed by atoms with van der Waals surface area (Å²) in [5.41, 5.74) is 8.11. The lowest BCUT2D eigenvalue weighted by Gasteiger charge is -2.23. The van der Waals surface area contributed by atoms with E-state index in [2.05, 4.69) is 5.32 Å². The molecule has 3 aromatic rings. The van der Waals surface area contributed by atoms with E-state index >= 15 is 0 Å². The van der Waals surface area contributed by atoms with Crippen LogP contribution in [-0.4, -0.2) is 26.1 Å². The van der Waals surface area contributed by atoms with E-state index in [0.717, 1.165) is 17.5 Å². The van der Waals surface area contributed by atoms with Crippen LogP contribution >= 0.6 is 0 Å². The average molecular weight is 409 g/mol. The van der Waals surface area contributed by atoms with Crippen LogP contribution in [0.25, 0.3) is 11.0 Å². The summed E-state index contributed by atoms with van der Waals surface area (Å²) in [5.74, 6) is 0.305. The van der Waals surface area contributed by atoms with Gasteiger partial charge in [-0.25, -0.2) is 4.79 Å². The van der Waals surface area contributed by atoms with Gasteiger partial charge in [-0.05, 0) is 36.2 Å². The normalized spacial score (nSPS) is 13.0. The summed E-state index contributed by atoms with van der Waals surface area (Å²) in [5, 5.41) is 3.68. The Balaban J connectivity index is 1.99. The quantitative estimate of drug-likeness (QED) is 0.575. The van der Waals surface area contributed by atoms with Crippen molar-refractivity contribution in [2.45, 2.75) is 26.3 Å². The Labute approximate surface area is 175 Å². The van der Waals surface area contributed by atoms with Crippen LogP contribution in [0.5, 0.6) is 5.75 Å². The van der Waals surface area contributed by atoms with Gasteiger partial charge in [0.25, 0.3) is 0 Å². The van der Waals surface area contributed by atoms with E-state index in [0.29, 0.717) is 22.7 Å². The first-order valence-corrected chi connectivity index (χ1v) is 9.86.